The Morgan fingerprint density at radius 3 is 2.67 bits per heavy atom. The fraction of sp³-hybridized carbons (Fsp3) is 0.250. The van der Waals surface area contributed by atoms with E-state index >= 15 is 0 Å². The van der Waals surface area contributed by atoms with Gasteiger partial charge in [0.15, 0.2) is 5.76 Å². The number of nitrogens with one attached hydrogen (secondary N) is 1. The third-order valence-corrected chi connectivity index (χ3v) is 2.28. The summed E-state index contributed by atoms with van der Waals surface area (Å²) < 4.78 is 33.4. The Morgan fingerprint density at radius 1 is 1.33 bits per heavy atom. The first-order valence-electron chi connectivity index (χ1n) is 5.34. The average Bonchev–Trinajstić information content (AvgIpc) is 2.78. The van der Waals surface area contributed by atoms with Crippen LogP contribution in [0.1, 0.15) is 5.69 Å². The third-order valence-electron chi connectivity index (χ3n) is 2.28. The number of rotatable bonds is 5. The number of halogens is 2. The van der Waals surface area contributed by atoms with Crippen LogP contribution in [0.2, 0.25) is 0 Å². The van der Waals surface area contributed by atoms with Crippen molar-refractivity contribution >= 4 is 0 Å². The van der Waals surface area contributed by atoms with Crippen molar-refractivity contribution < 1.29 is 18.0 Å². The minimum absolute atomic E-state index is 0.115. The van der Waals surface area contributed by atoms with Gasteiger partial charge in [0.2, 0.25) is 0 Å². The summed E-state index contributed by atoms with van der Waals surface area (Å²) in [4.78, 5) is 0. The van der Waals surface area contributed by atoms with Gasteiger partial charge in [0.05, 0.1) is 5.69 Å². The molecule has 0 unspecified atom stereocenters. The predicted octanol–water partition coefficient (Wildman–Crippen LogP) is 2.66. The molecule has 2 aromatic rings. The second kappa shape index (κ2) is 5.59. The van der Waals surface area contributed by atoms with Crippen molar-refractivity contribution in [3.8, 4) is 17.1 Å². The molecule has 0 atom stereocenters. The van der Waals surface area contributed by atoms with E-state index in [9.17, 15) is 8.78 Å². The van der Waals surface area contributed by atoms with Crippen LogP contribution in [0, 0.1) is 0 Å². The summed E-state index contributed by atoms with van der Waals surface area (Å²) in [5.74, 6) is 0.701. The first-order chi connectivity index (χ1) is 8.69. The summed E-state index contributed by atoms with van der Waals surface area (Å²) in [7, 11) is 1.81. The van der Waals surface area contributed by atoms with Crippen molar-refractivity contribution in [3.05, 3.63) is 36.0 Å². The molecule has 0 saturated carbocycles. The predicted molar refractivity (Wildman–Crippen MR) is 61.3 cm³/mol. The number of benzene rings is 1. The van der Waals surface area contributed by atoms with E-state index in [1.54, 1.807) is 18.2 Å². The van der Waals surface area contributed by atoms with E-state index in [1.165, 1.54) is 12.1 Å². The molecule has 1 aromatic carbocycles. The van der Waals surface area contributed by atoms with Crippen LogP contribution in [-0.2, 0) is 6.54 Å². The van der Waals surface area contributed by atoms with E-state index in [0.717, 1.165) is 11.3 Å². The van der Waals surface area contributed by atoms with Gasteiger partial charge >= 0.3 is 6.61 Å². The van der Waals surface area contributed by atoms with Gasteiger partial charge in [-0.2, -0.15) is 8.78 Å². The maximum atomic E-state index is 12.0. The van der Waals surface area contributed by atoms with Gasteiger partial charge < -0.3 is 14.6 Å². The molecule has 1 N–H and O–H groups in total. The molecule has 1 aromatic heterocycles. The van der Waals surface area contributed by atoms with Crippen molar-refractivity contribution in [1.29, 1.82) is 0 Å². The smallest absolute Gasteiger partial charge is 0.387 e. The number of hydrogen-bond acceptors (Lipinski definition) is 4. The van der Waals surface area contributed by atoms with Crippen molar-refractivity contribution in [2.24, 2.45) is 0 Å². The van der Waals surface area contributed by atoms with Gasteiger partial charge in [0, 0.05) is 18.2 Å². The molecule has 0 fully saturated rings. The van der Waals surface area contributed by atoms with Crippen molar-refractivity contribution in [2.45, 2.75) is 13.2 Å². The Morgan fingerprint density at radius 2 is 2.06 bits per heavy atom. The fourth-order valence-electron chi connectivity index (χ4n) is 1.51. The highest BCUT2D eigenvalue weighted by Crippen LogP contribution is 2.23. The Bertz CT molecular complexity index is 497. The topological polar surface area (TPSA) is 47.3 Å². The van der Waals surface area contributed by atoms with Crippen LogP contribution < -0.4 is 10.1 Å². The van der Waals surface area contributed by atoms with E-state index in [1.807, 2.05) is 7.05 Å². The number of alkyl halides is 2. The molecule has 1 heterocycles. The number of hydrogen-bond donors (Lipinski definition) is 1. The lowest BCUT2D eigenvalue weighted by molar-refractivity contribution is -0.0498. The molecule has 0 aliphatic heterocycles. The standard InChI is InChI=1S/C12H12F2N2O2/c1-15-7-9-6-11(18-16-9)8-2-4-10(5-3-8)17-12(13)14/h2-6,12,15H,7H2,1H3. The summed E-state index contributed by atoms with van der Waals surface area (Å²) >= 11 is 0. The number of aromatic nitrogens is 1. The zero-order chi connectivity index (χ0) is 13.0. The Hall–Kier alpha value is -1.95. The molecule has 6 heteroatoms. The summed E-state index contributed by atoms with van der Waals surface area (Å²) in [5, 5.41) is 6.82. The molecule has 0 amide bonds. The Labute approximate surface area is 103 Å². The number of nitrogens with zero attached hydrogens (tertiary/aromatic N) is 1. The second-order valence-corrected chi connectivity index (χ2v) is 3.62. The fourth-order valence-corrected chi connectivity index (χ4v) is 1.51. The molecule has 96 valence electrons. The van der Waals surface area contributed by atoms with Crippen molar-refractivity contribution in [1.82, 2.24) is 10.5 Å². The molecule has 2 rings (SSSR count). The summed E-state index contributed by atoms with van der Waals surface area (Å²) in [5.41, 5.74) is 1.53. The molecule has 0 aliphatic carbocycles. The lowest BCUT2D eigenvalue weighted by atomic mass is 10.1. The van der Waals surface area contributed by atoms with E-state index in [2.05, 4.69) is 15.2 Å². The lowest BCUT2D eigenvalue weighted by Crippen LogP contribution is -2.04. The molecule has 18 heavy (non-hydrogen) atoms. The third kappa shape index (κ3) is 3.04. The Kier molecular flexibility index (Phi) is 3.88. The molecule has 0 spiro atoms. The van der Waals surface area contributed by atoms with Gasteiger partial charge in [-0.25, -0.2) is 0 Å². The quantitative estimate of drug-likeness (QED) is 0.891. The Balaban J connectivity index is 2.12. The van der Waals surface area contributed by atoms with Crippen LogP contribution in [0.25, 0.3) is 11.3 Å². The van der Waals surface area contributed by atoms with Gasteiger partial charge in [-0.3, -0.25) is 0 Å². The zero-order valence-corrected chi connectivity index (χ0v) is 9.69. The maximum absolute atomic E-state index is 12.0. The summed E-state index contributed by atoms with van der Waals surface area (Å²) in [6.45, 7) is -2.21. The van der Waals surface area contributed by atoms with Gasteiger partial charge in [-0.05, 0) is 31.3 Å². The molecule has 0 aliphatic rings. The van der Waals surface area contributed by atoms with Crippen molar-refractivity contribution in [2.75, 3.05) is 7.05 Å². The normalized spacial score (nSPS) is 10.9. The molecular formula is C12H12F2N2O2. The zero-order valence-electron chi connectivity index (χ0n) is 9.69. The van der Waals surface area contributed by atoms with E-state index < -0.39 is 6.61 Å². The SMILES string of the molecule is CNCc1cc(-c2ccc(OC(F)F)cc2)on1. The molecular weight excluding hydrogens is 242 g/mol. The molecule has 0 bridgehead atoms. The largest absolute Gasteiger partial charge is 0.435 e. The maximum Gasteiger partial charge on any atom is 0.387 e. The van der Waals surface area contributed by atoms with E-state index in [0.29, 0.717) is 12.3 Å². The van der Waals surface area contributed by atoms with Crippen LogP contribution in [0.5, 0.6) is 5.75 Å². The molecule has 0 saturated heterocycles. The summed E-state index contributed by atoms with van der Waals surface area (Å²) in [6, 6.07) is 7.99. The van der Waals surface area contributed by atoms with Crippen LogP contribution >= 0.6 is 0 Å². The highest BCUT2D eigenvalue weighted by molar-refractivity contribution is 5.58. The van der Waals surface area contributed by atoms with Crippen LogP contribution in [0.4, 0.5) is 8.78 Å². The highest BCUT2D eigenvalue weighted by Gasteiger charge is 2.08. The van der Waals surface area contributed by atoms with Crippen LogP contribution in [0.15, 0.2) is 34.9 Å². The molecule has 4 nitrogen and oxygen atoms in total. The monoisotopic (exact) mass is 254 g/mol. The van der Waals surface area contributed by atoms with Crippen LogP contribution in [0.3, 0.4) is 0 Å². The second-order valence-electron chi connectivity index (χ2n) is 3.62. The number of ether oxygens (including phenoxy) is 1. The highest BCUT2D eigenvalue weighted by atomic mass is 19.3. The lowest BCUT2D eigenvalue weighted by Gasteiger charge is -2.03. The minimum Gasteiger partial charge on any atom is -0.435 e. The van der Waals surface area contributed by atoms with Gasteiger partial charge in [-0.1, -0.05) is 5.16 Å². The van der Waals surface area contributed by atoms with E-state index in [-0.39, 0.29) is 5.75 Å². The van der Waals surface area contributed by atoms with Crippen LogP contribution in [-0.4, -0.2) is 18.8 Å². The van der Waals surface area contributed by atoms with Crippen molar-refractivity contribution in [3.63, 3.8) is 0 Å². The summed E-state index contributed by atoms with van der Waals surface area (Å²) in [6.07, 6.45) is 0. The minimum atomic E-state index is -2.82. The average molecular weight is 254 g/mol. The van der Waals surface area contributed by atoms with Gasteiger partial charge in [0.25, 0.3) is 0 Å². The first-order valence-corrected chi connectivity index (χ1v) is 5.34. The van der Waals surface area contributed by atoms with Gasteiger partial charge in [-0.15, -0.1) is 0 Å². The molecule has 0 radical (unpaired) electrons. The van der Waals surface area contributed by atoms with Gasteiger partial charge in [0.1, 0.15) is 5.75 Å². The first kappa shape index (κ1) is 12.5. The van der Waals surface area contributed by atoms with E-state index in [4.69, 9.17) is 4.52 Å².